The molecule has 2 nitrogen and oxygen atoms in total. The van der Waals surface area contributed by atoms with Crippen LogP contribution >= 0.6 is 0 Å². The van der Waals surface area contributed by atoms with Crippen molar-refractivity contribution in [3.63, 3.8) is 0 Å². The van der Waals surface area contributed by atoms with Crippen molar-refractivity contribution >= 4 is 0 Å². The zero-order valence-corrected chi connectivity index (χ0v) is 8.76. The van der Waals surface area contributed by atoms with Gasteiger partial charge in [-0.3, -0.25) is 4.90 Å². The highest BCUT2D eigenvalue weighted by atomic mass is 16.5. The van der Waals surface area contributed by atoms with E-state index in [9.17, 15) is 0 Å². The molecular weight excluding hydrogens is 150 g/mol. The average molecular weight is 171 g/mol. The van der Waals surface area contributed by atoms with E-state index < -0.39 is 0 Å². The Hall–Kier alpha value is -0.0800. The highest BCUT2D eigenvalue weighted by Crippen LogP contribution is 2.18. The van der Waals surface area contributed by atoms with Crippen LogP contribution < -0.4 is 0 Å². The molecule has 0 aromatic heterocycles. The lowest BCUT2D eigenvalue weighted by molar-refractivity contribution is -0.0773. The molecule has 0 aromatic rings. The van der Waals surface area contributed by atoms with Crippen molar-refractivity contribution in [2.45, 2.75) is 45.8 Å². The molecule has 0 spiro atoms. The third kappa shape index (κ3) is 2.46. The molecule has 1 heterocycles. The summed E-state index contributed by atoms with van der Waals surface area (Å²) < 4.78 is 5.42. The Bertz CT molecular complexity index is 135. The molecule has 0 aromatic carbocycles. The van der Waals surface area contributed by atoms with Gasteiger partial charge in [0.2, 0.25) is 0 Å². The fourth-order valence-corrected chi connectivity index (χ4v) is 1.55. The molecule has 12 heavy (non-hydrogen) atoms. The van der Waals surface area contributed by atoms with Gasteiger partial charge >= 0.3 is 0 Å². The third-order valence-electron chi connectivity index (χ3n) is 2.55. The zero-order chi connectivity index (χ0) is 9.19. The van der Waals surface area contributed by atoms with Gasteiger partial charge < -0.3 is 4.74 Å². The summed E-state index contributed by atoms with van der Waals surface area (Å²) in [5.74, 6) is 0. The summed E-state index contributed by atoms with van der Waals surface area (Å²) in [6.45, 7) is 12.2. The number of nitrogens with zero attached hydrogens (tertiary/aromatic N) is 1. The standard InChI is InChI=1S/C10H21NO/c1-5-11(10(2,3)4)8-9-6-7-12-9/h9H,5-8H2,1-4H3/t9-/m0/s1. The highest BCUT2D eigenvalue weighted by Gasteiger charge is 2.26. The Labute approximate surface area is 75.9 Å². The second-order valence-electron chi connectivity index (χ2n) is 4.49. The minimum Gasteiger partial charge on any atom is -0.377 e. The van der Waals surface area contributed by atoms with Crippen LogP contribution in [0.2, 0.25) is 0 Å². The summed E-state index contributed by atoms with van der Waals surface area (Å²) in [6, 6.07) is 0. The molecule has 0 N–H and O–H groups in total. The summed E-state index contributed by atoms with van der Waals surface area (Å²) in [4.78, 5) is 2.47. The number of hydrogen-bond donors (Lipinski definition) is 0. The Morgan fingerprint density at radius 2 is 2.00 bits per heavy atom. The molecule has 1 aliphatic rings. The third-order valence-corrected chi connectivity index (χ3v) is 2.55. The predicted molar refractivity (Wildman–Crippen MR) is 51.4 cm³/mol. The summed E-state index contributed by atoms with van der Waals surface area (Å²) in [7, 11) is 0. The first-order valence-corrected chi connectivity index (χ1v) is 4.90. The van der Waals surface area contributed by atoms with E-state index in [0.717, 1.165) is 19.7 Å². The fourth-order valence-electron chi connectivity index (χ4n) is 1.55. The van der Waals surface area contributed by atoms with Gasteiger partial charge in [0.25, 0.3) is 0 Å². The molecule has 72 valence electrons. The van der Waals surface area contributed by atoms with Crippen LogP contribution in [0.5, 0.6) is 0 Å². The lowest BCUT2D eigenvalue weighted by Crippen LogP contribution is -2.48. The van der Waals surface area contributed by atoms with Crippen molar-refractivity contribution in [1.82, 2.24) is 4.90 Å². The monoisotopic (exact) mass is 171 g/mol. The van der Waals surface area contributed by atoms with Crippen LogP contribution in [0.4, 0.5) is 0 Å². The molecule has 1 saturated heterocycles. The maximum absolute atomic E-state index is 5.42. The van der Waals surface area contributed by atoms with Gasteiger partial charge in [-0.25, -0.2) is 0 Å². The van der Waals surface area contributed by atoms with Gasteiger partial charge in [-0.05, 0) is 33.7 Å². The second kappa shape index (κ2) is 3.75. The quantitative estimate of drug-likeness (QED) is 0.643. The van der Waals surface area contributed by atoms with Crippen molar-refractivity contribution in [2.75, 3.05) is 19.7 Å². The Kier molecular flexibility index (Phi) is 3.13. The average Bonchev–Trinajstić information content (AvgIpc) is 1.82. The summed E-state index contributed by atoms with van der Waals surface area (Å²) in [5.41, 5.74) is 0.285. The Morgan fingerprint density at radius 3 is 2.25 bits per heavy atom. The van der Waals surface area contributed by atoms with Gasteiger partial charge in [0.15, 0.2) is 0 Å². The van der Waals surface area contributed by atoms with Crippen LogP contribution in [0.3, 0.4) is 0 Å². The van der Waals surface area contributed by atoms with Crippen LogP contribution in [-0.2, 0) is 4.74 Å². The smallest absolute Gasteiger partial charge is 0.0724 e. The van der Waals surface area contributed by atoms with Gasteiger partial charge in [0, 0.05) is 18.7 Å². The van der Waals surface area contributed by atoms with Crippen molar-refractivity contribution < 1.29 is 4.74 Å². The molecule has 0 aliphatic carbocycles. The van der Waals surface area contributed by atoms with Crippen molar-refractivity contribution in [3.8, 4) is 0 Å². The van der Waals surface area contributed by atoms with Crippen LogP contribution in [0.25, 0.3) is 0 Å². The van der Waals surface area contributed by atoms with Crippen LogP contribution in [0, 0.1) is 0 Å². The maximum atomic E-state index is 5.42. The molecule has 2 heteroatoms. The summed E-state index contributed by atoms with van der Waals surface area (Å²) in [6.07, 6.45) is 1.75. The van der Waals surface area contributed by atoms with Gasteiger partial charge in [0.05, 0.1) is 6.10 Å². The van der Waals surface area contributed by atoms with Gasteiger partial charge in [0.1, 0.15) is 0 Å². The van der Waals surface area contributed by atoms with E-state index in [2.05, 4.69) is 32.6 Å². The van der Waals surface area contributed by atoms with Gasteiger partial charge in [-0.1, -0.05) is 6.92 Å². The van der Waals surface area contributed by atoms with Crippen molar-refractivity contribution in [3.05, 3.63) is 0 Å². The molecule has 1 rings (SSSR count). The van der Waals surface area contributed by atoms with Crippen LogP contribution in [0.15, 0.2) is 0 Å². The fraction of sp³-hybridized carbons (Fsp3) is 1.00. The maximum Gasteiger partial charge on any atom is 0.0724 e. The lowest BCUT2D eigenvalue weighted by Gasteiger charge is -2.39. The highest BCUT2D eigenvalue weighted by molar-refractivity contribution is 4.80. The molecule has 1 aliphatic heterocycles. The molecular formula is C10H21NO. The van der Waals surface area contributed by atoms with Crippen molar-refractivity contribution in [2.24, 2.45) is 0 Å². The Balaban J connectivity index is 2.34. The lowest BCUT2D eigenvalue weighted by atomic mass is 10.0. The topological polar surface area (TPSA) is 12.5 Å². The van der Waals surface area contributed by atoms with E-state index in [0.29, 0.717) is 6.10 Å². The summed E-state index contributed by atoms with van der Waals surface area (Å²) >= 11 is 0. The van der Waals surface area contributed by atoms with Gasteiger partial charge in [-0.15, -0.1) is 0 Å². The minimum absolute atomic E-state index is 0.285. The largest absolute Gasteiger partial charge is 0.377 e. The van der Waals surface area contributed by atoms with Crippen LogP contribution in [-0.4, -0.2) is 36.2 Å². The number of hydrogen-bond acceptors (Lipinski definition) is 2. The zero-order valence-electron chi connectivity index (χ0n) is 8.76. The van der Waals surface area contributed by atoms with E-state index in [1.54, 1.807) is 0 Å². The molecule has 1 fully saturated rings. The first-order chi connectivity index (χ1) is 5.54. The molecule has 0 radical (unpaired) electrons. The minimum atomic E-state index is 0.285. The van der Waals surface area contributed by atoms with Gasteiger partial charge in [-0.2, -0.15) is 0 Å². The number of rotatable bonds is 3. The molecule has 0 amide bonds. The van der Waals surface area contributed by atoms with E-state index in [4.69, 9.17) is 4.74 Å². The van der Waals surface area contributed by atoms with E-state index in [-0.39, 0.29) is 5.54 Å². The molecule has 0 saturated carbocycles. The van der Waals surface area contributed by atoms with E-state index >= 15 is 0 Å². The first kappa shape index (κ1) is 10.0. The SMILES string of the molecule is CCN(C[C@@H]1CCO1)C(C)(C)C. The molecule has 1 atom stereocenters. The normalized spacial score (nSPS) is 24.2. The van der Waals surface area contributed by atoms with E-state index in [1.165, 1.54) is 6.42 Å². The number of ether oxygens (including phenoxy) is 1. The number of likely N-dealkylation sites (N-methyl/N-ethyl adjacent to an activating group) is 1. The predicted octanol–water partition coefficient (Wildman–Crippen LogP) is 1.90. The van der Waals surface area contributed by atoms with Crippen LogP contribution in [0.1, 0.15) is 34.1 Å². The Morgan fingerprint density at radius 1 is 1.42 bits per heavy atom. The summed E-state index contributed by atoms with van der Waals surface area (Å²) in [5, 5.41) is 0. The second-order valence-corrected chi connectivity index (χ2v) is 4.49. The van der Waals surface area contributed by atoms with E-state index in [1.807, 2.05) is 0 Å². The first-order valence-electron chi connectivity index (χ1n) is 4.90. The van der Waals surface area contributed by atoms with Crippen molar-refractivity contribution in [1.29, 1.82) is 0 Å². The molecule has 0 bridgehead atoms. The molecule has 0 unspecified atom stereocenters.